The summed E-state index contributed by atoms with van der Waals surface area (Å²) in [5.41, 5.74) is 6.52. The van der Waals surface area contributed by atoms with E-state index >= 15 is 0 Å². The largest absolute Gasteiger partial charge is 0.481 e. The van der Waals surface area contributed by atoms with Crippen molar-refractivity contribution >= 4 is 12.1 Å². The van der Waals surface area contributed by atoms with E-state index < -0.39 is 18.0 Å². The molecule has 7 heteroatoms. The van der Waals surface area contributed by atoms with Crippen molar-refractivity contribution in [1.82, 2.24) is 14.7 Å². The monoisotopic (exact) mass is 443 g/mol. The van der Waals surface area contributed by atoms with E-state index in [1.54, 1.807) is 4.68 Å². The van der Waals surface area contributed by atoms with Crippen molar-refractivity contribution in [3.8, 4) is 11.1 Å². The van der Waals surface area contributed by atoms with Crippen LogP contribution in [0.5, 0.6) is 0 Å². The lowest BCUT2D eigenvalue weighted by Gasteiger charge is -2.23. The van der Waals surface area contributed by atoms with Crippen LogP contribution in [0.25, 0.3) is 11.1 Å². The van der Waals surface area contributed by atoms with E-state index in [0.29, 0.717) is 12.5 Å². The Morgan fingerprint density at radius 1 is 1.00 bits per heavy atom. The van der Waals surface area contributed by atoms with Gasteiger partial charge in [-0.25, -0.2) is 4.79 Å². The van der Waals surface area contributed by atoms with Gasteiger partial charge in [-0.3, -0.25) is 9.48 Å². The number of carbonyl (C=O) groups excluding carboxylic acids is 1. The summed E-state index contributed by atoms with van der Waals surface area (Å²) in [5.74, 6) is -1.22. The van der Waals surface area contributed by atoms with Crippen LogP contribution in [0.4, 0.5) is 4.79 Å². The Hall–Kier alpha value is -3.61. The topological polar surface area (TPSA) is 84.7 Å². The van der Waals surface area contributed by atoms with Gasteiger partial charge in [0.05, 0.1) is 30.4 Å². The molecule has 1 atom stereocenters. The second-order valence-corrected chi connectivity index (χ2v) is 9.24. The zero-order chi connectivity index (χ0) is 22.5. The fourth-order valence-corrected chi connectivity index (χ4v) is 5.11. The molecule has 1 amide bonds. The number of hydrogen-bond acceptors (Lipinski definition) is 4. The Labute approximate surface area is 191 Å². The van der Waals surface area contributed by atoms with Crippen LogP contribution in [-0.4, -0.2) is 45.0 Å². The molecule has 1 N–H and O–H groups in total. The van der Waals surface area contributed by atoms with E-state index in [0.717, 1.165) is 35.4 Å². The fraction of sp³-hybridized carbons (Fsp3) is 0.346. The number of amides is 1. The first-order valence-electron chi connectivity index (χ1n) is 11.5. The number of aromatic nitrogens is 2. The highest BCUT2D eigenvalue weighted by molar-refractivity contribution is 5.79. The molecule has 2 aliphatic carbocycles. The number of carbonyl (C=O) groups is 2. The SMILES string of the molecule is O=C(O)C1CN(C(=O)OCC2c3ccccc3-c3ccccc32)Cc2cc(C3CC3)nn2C1. The molecule has 6 rings (SSSR count). The molecule has 2 heterocycles. The average molecular weight is 444 g/mol. The van der Waals surface area contributed by atoms with Gasteiger partial charge >= 0.3 is 12.1 Å². The van der Waals surface area contributed by atoms with Crippen molar-refractivity contribution in [2.45, 2.75) is 37.8 Å². The number of nitrogens with zero attached hydrogens (tertiary/aromatic N) is 3. The van der Waals surface area contributed by atoms with Gasteiger partial charge < -0.3 is 14.7 Å². The molecule has 33 heavy (non-hydrogen) atoms. The lowest BCUT2D eigenvalue weighted by molar-refractivity contribution is -0.142. The van der Waals surface area contributed by atoms with Crippen LogP contribution in [0.1, 0.15) is 47.2 Å². The quantitative estimate of drug-likeness (QED) is 0.653. The van der Waals surface area contributed by atoms with Gasteiger partial charge in [0.1, 0.15) is 6.61 Å². The molecule has 1 saturated carbocycles. The highest BCUT2D eigenvalue weighted by Crippen LogP contribution is 2.44. The van der Waals surface area contributed by atoms with Gasteiger partial charge in [0.2, 0.25) is 0 Å². The summed E-state index contributed by atoms with van der Waals surface area (Å²) < 4.78 is 7.58. The molecular formula is C26H25N3O4. The minimum absolute atomic E-state index is 0.0319. The molecule has 3 aliphatic rings. The van der Waals surface area contributed by atoms with Crippen LogP contribution in [0.15, 0.2) is 54.6 Å². The molecule has 1 fully saturated rings. The van der Waals surface area contributed by atoms with E-state index in [2.05, 4.69) is 29.4 Å². The van der Waals surface area contributed by atoms with E-state index in [-0.39, 0.29) is 25.6 Å². The van der Waals surface area contributed by atoms with E-state index in [1.807, 2.05) is 30.3 Å². The lowest BCUT2D eigenvalue weighted by atomic mass is 9.98. The van der Waals surface area contributed by atoms with Crippen LogP contribution < -0.4 is 0 Å². The Morgan fingerprint density at radius 2 is 1.67 bits per heavy atom. The van der Waals surface area contributed by atoms with E-state index in [9.17, 15) is 14.7 Å². The average Bonchev–Trinajstić information content (AvgIpc) is 3.57. The maximum absolute atomic E-state index is 13.1. The molecule has 0 saturated heterocycles. The molecule has 168 valence electrons. The predicted octanol–water partition coefficient (Wildman–Crippen LogP) is 4.23. The van der Waals surface area contributed by atoms with Crippen LogP contribution in [-0.2, 0) is 22.6 Å². The van der Waals surface area contributed by atoms with Crippen molar-refractivity contribution in [3.05, 3.63) is 77.1 Å². The number of ether oxygens (including phenoxy) is 1. The third-order valence-electron chi connectivity index (χ3n) is 7.01. The first-order valence-corrected chi connectivity index (χ1v) is 11.5. The normalized spacial score (nSPS) is 19.4. The number of aliphatic carboxylic acids is 1. The van der Waals surface area contributed by atoms with E-state index in [1.165, 1.54) is 16.0 Å². The zero-order valence-corrected chi connectivity index (χ0v) is 18.2. The highest BCUT2D eigenvalue weighted by Gasteiger charge is 2.35. The molecule has 2 aromatic carbocycles. The number of benzene rings is 2. The van der Waals surface area contributed by atoms with Gasteiger partial charge in [-0.2, -0.15) is 5.10 Å². The summed E-state index contributed by atoms with van der Waals surface area (Å²) in [6, 6.07) is 18.4. The van der Waals surface area contributed by atoms with Crippen molar-refractivity contribution in [1.29, 1.82) is 0 Å². The van der Waals surface area contributed by atoms with Gasteiger partial charge in [-0.1, -0.05) is 48.5 Å². The van der Waals surface area contributed by atoms with Crippen LogP contribution in [0.3, 0.4) is 0 Å². The number of hydrogen-bond donors (Lipinski definition) is 1. The predicted molar refractivity (Wildman–Crippen MR) is 121 cm³/mol. The maximum Gasteiger partial charge on any atom is 0.410 e. The third kappa shape index (κ3) is 3.57. The molecular weight excluding hydrogens is 418 g/mol. The molecule has 0 radical (unpaired) electrons. The molecule has 0 spiro atoms. The summed E-state index contributed by atoms with van der Waals surface area (Å²) in [4.78, 5) is 26.5. The Kier molecular flexibility index (Phi) is 4.71. The van der Waals surface area contributed by atoms with Crippen LogP contribution in [0.2, 0.25) is 0 Å². The van der Waals surface area contributed by atoms with Crippen molar-refractivity contribution in [3.63, 3.8) is 0 Å². The Bertz CT molecular complexity index is 1200. The van der Waals surface area contributed by atoms with Crippen molar-refractivity contribution in [2.75, 3.05) is 13.2 Å². The first-order chi connectivity index (χ1) is 16.1. The summed E-state index contributed by atoms with van der Waals surface area (Å²) in [6.07, 6.45) is 1.76. The molecule has 1 aromatic heterocycles. The third-order valence-corrected chi connectivity index (χ3v) is 7.01. The molecule has 3 aromatic rings. The highest BCUT2D eigenvalue weighted by atomic mass is 16.6. The van der Waals surface area contributed by atoms with Crippen molar-refractivity contribution in [2.24, 2.45) is 5.92 Å². The van der Waals surface area contributed by atoms with Gasteiger partial charge in [-0.05, 0) is 41.2 Å². The second-order valence-electron chi connectivity index (χ2n) is 9.24. The Morgan fingerprint density at radius 3 is 2.30 bits per heavy atom. The van der Waals surface area contributed by atoms with Gasteiger partial charge in [0, 0.05) is 18.4 Å². The maximum atomic E-state index is 13.1. The molecule has 1 aliphatic heterocycles. The van der Waals surface area contributed by atoms with Gasteiger partial charge in [-0.15, -0.1) is 0 Å². The van der Waals surface area contributed by atoms with Gasteiger partial charge in [0.15, 0.2) is 0 Å². The minimum Gasteiger partial charge on any atom is -0.481 e. The smallest absolute Gasteiger partial charge is 0.410 e. The summed E-state index contributed by atoms with van der Waals surface area (Å²) in [5, 5.41) is 14.4. The number of carboxylic acids is 1. The summed E-state index contributed by atoms with van der Waals surface area (Å²) in [6.45, 7) is 0.895. The number of carboxylic acid groups (broad SMARTS) is 1. The summed E-state index contributed by atoms with van der Waals surface area (Å²) >= 11 is 0. The van der Waals surface area contributed by atoms with Crippen LogP contribution in [0, 0.1) is 5.92 Å². The van der Waals surface area contributed by atoms with Crippen LogP contribution >= 0.6 is 0 Å². The fourth-order valence-electron chi connectivity index (χ4n) is 5.11. The van der Waals surface area contributed by atoms with Crippen molar-refractivity contribution < 1.29 is 19.4 Å². The standard InChI is InChI=1S/C26H25N3O4/c30-25(31)17-12-28(14-18-11-24(16-9-10-16)27-29(18)13-17)26(32)33-15-23-21-7-3-1-5-19(21)20-6-2-4-8-22(20)23/h1-8,11,16-17,23H,9-10,12-15H2,(H,30,31). The molecule has 1 unspecified atom stereocenters. The second kappa shape index (κ2) is 7.76. The van der Waals surface area contributed by atoms with E-state index in [4.69, 9.17) is 4.74 Å². The zero-order valence-electron chi connectivity index (χ0n) is 18.2. The minimum atomic E-state index is -0.928. The number of fused-ring (bicyclic) bond motifs is 4. The summed E-state index contributed by atoms with van der Waals surface area (Å²) in [7, 11) is 0. The van der Waals surface area contributed by atoms with Gasteiger partial charge in [0.25, 0.3) is 0 Å². The number of rotatable bonds is 4. The first kappa shape index (κ1) is 20.0. The lowest BCUT2D eigenvalue weighted by Crippen LogP contribution is -2.37. The molecule has 7 nitrogen and oxygen atoms in total. The molecule has 0 bridgehead atoms. The Balaban J connectivity index is 1.22.